The van der Waals surface area contributed by atoms with Gasteiger partial charge in [0, 0.05) is 23.1 Å². The summed E-state index contributed by atoms with van der Waals surface area (Å²) in [7, 11) is 0. The Labute approximate surface area is 168 Å². The summed E-state index contributed by atoms with van der Waals surface area (Å²) in [5, 5.41) is 6.35. The van der Waals surface area contributed by atoms with Crippen LogP contribution in [0.4, 0.5) is 27.5 Å². The van der Waals surface area contributed by atoms with Gasteiger partial charge < -0.3 is 15.4 Å². The number of anilines is 4. The summed E-state index contributed by atoms with van der Waals surface area (Å²) in [5.74, 6) is 2.33. The summed E-state index contributed by atoms with van der Waals surface area (Å²) >= 11 is 0. The third kappa shape index (κ3) is 5.07. The van der Waals surface area contributed by atoms with Crippen LogP contribution in [-0.4, -0.2) is 9.97 Å². The monoisotopic (exact) mass is 386 g/mol. The maximum atomic E-state index is 13.1. The highest BCUT2D eigenvalue weighted by molar-refractivity contribution is 5.60. The van der Waals surface area contributed by atoms with Crippen molar-refractivity contribution in [1.29, 1.82) is 0 Å². The van der Waals surface area contributed by atoms with E-state index < -0.39 is 0 Å². The molecule has 0 aliphatic carbocycles. The Hall–Kier alpha value is -3.93. The van der Waals surface area contributed by atoms with Gasteiger partial charge in [0.25, 0.3) is 0 Å². The molecule has 0 spiro atoms. The number of benzene rings is 3. The number of halogens is 1. The second kappa shape index (κ2) is 8.39. The van der Waals surface area contributed by atoms with E-state index in [1.807, 2.05) is 67.6 Å². The van der Waals surface area contributed by atoms with E-state index in [9.17, 15) is 4.39 Å². The van der Waals surface area contributed by atoms with Crippen molar-refractivity contribution in [1.82, 2.24) is 9.97 Å². The van der Waals surface area contributed by atoms with Gasteiger partial charge in [0.15, 0.2) is 0 Å². The molecule has 29 heavy (non-hydrogen) atoms. The van der Waals surface area contributed by atoms with E-state index in [0.29, 0.717) is 11.8 Å². The number of aromatic nitrogens is 2. The lowest BCUT2D eigenvalue weighted by Gasteiger charge is -2.11. The largest absolute Gasteiger partial charge is 0.457 e. The van der Waals surface area contributed by atoms with Gasteiger partial charge in [0.2, 0.25) is 5.95 Å². The summed E-state index contributed by atoms with van der Waals surface area (Å²) in [6.07, 6.45) is 0. The van der Waals surface area contributed by atoms with Crippen molar-refractivity contribution < 1.29 is 9.13 Å². The van der Waals surface area contributed by atoms with Crippen LogP contribution in [0.1, 0.15) is 5.69 Å². The van der Waals surface area contributed by atoms with E-state index in [1.165, 1.54) is 12.1 Å². The van der Waals surface area contributed by atoms with Gasteiger partial charge in [0.05, 0.1) is 0 Å². The zero-order chi connectivity index (χ0) is 20.1. The highest BCUT2D eigenvalue weighted by Crippen LogP contribution is 2.24. The smallest absolute Gasteiger partial charge is 0.229 e. The van der Waals surface area contributed by atoms with E-state index in [0.717, 1.165) is 28.6 Å². The molecule has 1 aromatic heterocycles. The van der Waals surface area contributed by atoms with Crippen molar-refractivity contribution in [2.24, 2.45) is 0 Å². The van der Waals surface area contributed by atoms with Gasteiger partial charge in [-0.2, -0.15) is 4.98 Å². The minimum absolute atomic E-state index is 0.281. The molecule has 0 atom stereocenters. The quantitative estimate of drug-likeness (QED) is 0.413. The Balaban J connectivity index is 1.46. The van der Waals surface area contributed by atoms with E-state index in [1.54, 1.807) is 12.1 Å². The number of ether oxygens (including phenoxy) is 1. The first kappa shape index (κ1) is 18.4. The Kier molecular flexibility index (Phi) is 5.33. The number of rotatable bonds is 6. The average molecular weight is 386 g/mol. The minimum Gasteiger partial charge on any atom is -0.457 e. The standard InChI is InChI=1S/C23H19FN4O/c1-16-15-22(26-18-9-7-17(24)8-10-18)28-23(25-16)27-19-11-13-21(14-12-19)29-20-5-3-2-4-6-20/h2-15H,1H3,(H2,25,26,27,28). The van der Waals surface area contributed by atoms with Gasteiger partial charge in [-0.15, -0.1) is 0 Å². The van der Waals surface area contributed by atoms with E-state index in [-0.39, 0.29) is 5.82 Å². The molecule has 3 aromatic carbocycles. The maximum Gasteiger partial charge on any atom is 0.229 e. The SMILES string of the molecule is Cc1cc(Nc2ccc(F)cc2)nc(Nc2ccc(Oc3ccccc3)cc2)n1. The third-order valence-electron chi connectivity index (χ3n) is 4.06. The summed E-state index contributed by atoms with van der Waals surface area (Å²) < 4.78 is 18.9. The predicted octanol–water partition coefficient (Wildman–Crippen LogP) is 6.20. The predicted molar refractivity (Wildman–Crippen MR) is 113 cm³/mol. The second-order valence-corrected chi connectivity index (χ2v) is 6.41. The van der Waals surface area contributed by atoms with Crippen molar-refractivity contribution in [3.8, 4) is 11.5 Å². The number of para-hydroxylation sites is 1. The molecule has 0 saturated heterocycles. The summed E-state index contributed by atoms with van der Waals surface area (Å²) in [6.45, 7) is 1.89. The molecular formula is C23H19FN4O. The fraction of sp³-hybridized carbons (Fsp3) is 0.0435. The third-order valence-corrected chi connectivity index (χ3v) is 4.06. The molecule has 0 unspecified atom stereocenters. The lowest BCUT2D eigenvalue weighted by molar-refractivity contribution is 0.483. The van der Waals surface area contributed by atoms with Crippen LogP contribution in [0.5, 0.6) is 11.5 Å². The molecular weight excluding hydrogens is 367 g/mol. The number of hydrogen-bond donors (Lipinski definition) is 2. The molecule has 0 amide bonds. The van der Waals surface area contributed by atoms with E-state index in [2.05, 4.69) is 20.6 Å². The molecule has 0 aliphatic rings. The van der Waals surface area contributed by atoms with Crippen LogP contribution in [-0.2, 0) is 0 Å². The van der Waals surface area contributed by atoms with E-state index in [4.69, 9.17) is 4.74 Å². The average Bonchev–Trinajstić information content (AvgIpc) is 2.72. The topological polar surface area (TPSA) is 59.1 Å². The second-order valence-electron chi connectivity index (χ2n) is 6.41. The molecule has 0 aliphatic heterocycles. The molecule has 144 valence electrons. The highest BCUT2D eigenvalue weighted by Gasteiger charge is 2.05. The highest BCUT2D eigenvalue weighted by atomic mass is 19.1. The Morgan fingerprint density at radius 2 is 1.34 bits per heavy atom. The maximum absolute atomic E-state index is 13.1. The van der Waals surface area contributed by atoms with Crippen LogP contribution >= 0.6 is 0 Å². The molecule has 0 radical (unpaired) electrons. The molecule has 4 aromatic rings. The lowest BCUT2D eigenvalue weighted by Crippen LogP contribution is -2.02. The summed E-state index contributed by atoms with van der Waals surface area (Å²) in [6, 6.07) is 25.1. The van der Waals surface area contributed by atoms with Crippen LogP contribution in [0.2, 0.25) is 0 Å². The molecule has 0 fully saturated rings. The molecule has 0 saturated carbocycles. The number of nitrogens with one attached hydrogen (secondary N) is 2. The number of hydrogen-bond acceptors (Lipinski definition) is 5. The molecule has 5 nitrogen and oxygen atoms in total. The first-order valence-corrected chi connectivity index (χ1v) is 9.12. The Morgan fingerprint density at radius 1 is 0.724 bits per heavy atom. The first-order chi connectivity index (χ1) is 14.1. The molecule has 1 heterocycles. The van der Waals surface area contributed by atoms with Gasteiger partial charge in [-0.1, -0.05) is 18.2 Å². The van der Waals surface area contributed by atoms with Crippen LogP contribution in [0.3, 0.4) is 0 Å². The normalized spacial score (nSPS) is 10.4. The Morgan fingerprint density at radius 3 is 2.07 bits per heavy atom. The van der Waals surface area contributed by atoms with Crippen LogP contribution in [0.25, 0.3) is 0 Å². The zero-order valence-corrected chi connectivity index (χ0v) is 15.8. The zero-order valence-electron chi connectivity index (χ0n) is 15.8. The fourth-order valence-electron chi connectivity index (χ4n) is 2.73. The summed E-state index contributed by atoms with van der Waals surface area (Å²) in [5.41, 5.74) is 2.39. The Bertz CT molecular complexity index is 1080. The van der Waals surface area contributed by atoms with Crippen molar-refractivity contribution >= 4 is 23.1 Å². The lowest BCUT2D eigenvalue weighted by atomic mass is 10.3. The van der Waals surface area contributed by atoms with Crippen LogP contribution < -0.4 is 15.4 Å². The van der Waals surface area contributed by atoms with Crippen molar-refractivity contribution in [2.45, 2.75) is 6.92 Å². The summed E-state index contributed by atoms with van der Waals surface area (Å²) in [4.78, 5) is 8.90. The number of nitrogens with zero attached hydrogens (tertiary/aromatic N) is 2. The minimum atomic E-state index is -0.281. The molecule has 6 heteroatoms. The van der Waals surface area contributed by atoms with Crippen LogP contribution in [0.15, 0.2) is 84.9 Å². The van der Waals surface area contributed by atoms with Gasteiger partial charge in [-0.3, -0.25) is 0 Å². The van der Waals surface area contributed by atoms with Gasteiger partial charge in [-0.25, -0.2) is 9.37 Å². The van der Waals surface area contributed by atoms with Crippen LogP contribution in [0, 0.1) is 12.7 Å². The molecule has 4 rings (SSSR count). The van der Waals surface area contributed by atoms with Gasteiger partial charge >= 0.3 is 0 Å². The van der Waals surface area contributed by atoms with Crippen molar-refractivity contribution in [2.75, 3.05) is 10.6 Å². The van der Waals surface area contributed by atoms with Gasteiger partial charge in [0.1, 0.15) is 23.1 Å². The van der Waals surface area contributed by atoms with Crippen molar-refractivity contribution in [3.05, 3.63) is 96.4 Å². The van der Waals surface area contributed by atoms with Crippen molar-refractivity contribution in [3.63, 3.8) is 0 Å². The van der Waals surface area contributed by atoms with Gasteiger partial charge in [-0.05, 0) is 67.6 Å². The molecule has 0 bridgehead atoms. The number of aryl methyl sites for hydroxylation is 1. The van der Waals surface area contributed by atoms with E-state index >= 15 is 0 Å². The molecule has 2 N–H and O–H groups in total. The fourth-order valence-corrected chi connectivity index (χ4v) is 2.73. The first-order valence-electron chi connectivity index (χ1n) is 9.12.